The first-order valence-corrected chi connectivity index (χ1v) is 5.16. The SMILES string of the molecule is CC1=NCCC2=c3ccc(O)cc3=NC12. The minimum Gasteiger partial charge on any atom is -0.508 e. The molecule has 15 heavy (non-hydrogen) atoms. The molecule has 0 spiro atoms. The van der Waals surface area contributed by atoms with E-state index in [1.807, 2.05) is 13.0 Å². The Labute approximate surface area is 87.5 Å². The number of hydrogen-bond donors (Lipinski definition) is 1. The summed E-state index contributed by atoms with van der Waals surface area (Å²) in [6.07, 6.45) is 0.989. The number of hydrogen-bond acceptors (Lipinski definition) is 3. The molecular formula is C12H12N2O. The van der Waals surface area contributed by atoms with Crippen molar-refractivity contribution in [1.29, 1.82) is 0 Å². The van der Waals surface area contributed by atoms with E-state index in [1.54, 1.807) is 12.1 Å². The number of nitrogens with zero attached hydrogens (tertiary/aromatic N) is 2. The zero-order valence-corrected chi connectivity index (χ0v) is 8.57. The fraction of sp³-hybridized carbons (Fsp3) is 0.333. The molecule has 1 N–H and O–H groups in total. The highest BCUT2D eigenvalue weighted by Crippen LogP contribution is 2.20. The summed E-state index contributed by atoms with van der Waals surface area (Å²) in [4.78, 5) is 9.01. The molecule has 0 aromatic heterocycles. The van der Waals surface area contributed by atoms with Gasteiger partial charge in [-0.1, -0.05) is 0 Å². The third-order valence-corrected chi connectivity index (χ3v) is 3.06. The lowest BCUT2D eigenvalue weighted by Crippen LogP contribution is -2.25. The minimum atomic E-state index is 0.135. The standard InChI is InChI=1S/C12H12N2O/c1-7-12-10(4-5-13-7)9-3-2-8(15)6-11(9)14-12/h2-3,6,12,15H,4-5H2,1H3. The first-order chi connectivity index (χ1) is 7.25. The molecule has 3 rings (SSSR count). The van der Waals surface area contributed by atoms with Crippen molar-refractivity contribution in [3.05, 3.63) is 28.8 Å². The normalized spacial score (nSPS) is 22.9. The van der Waals surface area contributed by atoms with Crippen molar-refractivity contribution < 1.29 is 5.11 Å². The summed E-state index contributed by atoms with van der Waals surface area (Å²) in [5.41, 5.74) is 2.45. The van der Waals surface area contributed by atoms with Crippen LogP contribution in [0, 0.1) is 0 Å². The first kappa shape index (κ1) is 8.65. The lowest BCUT2D eigenvalue weighted by atomic mass is 9.97. The Morgan fingerprint density at radius 2 is 2.27 bits per heavy atom. The fourth-order valence-corrected chi connectivity index (χ4v) is 2.32. The van der Waals surface area contributed by atoms with Gasteiger partial charge in [-0.15, -0.1) is 0 Å². The predicted molar refractivity (Wildman–Crippen MR) is 58.7 cm³/mol. The largest absolute Gasteiger partial charge is 0.508 e. The van der Waals surface area contributed by atoms with Gasteiger partial charge in [-0.3, -0.25) is 9.98 Å². The Hall–Kier alpha value is -1.64. The van der Waals surface area contributed by atoms with Gasteiger partial charge in [0.05, 0.1) is 5.36 Å². The van der Waals surface area contributed by atoms with E-state index in [-0.39, 0.29) is 11.8 Å². The molecule has 0 saturated carbocycles. The van der Waals surface area contributed by atoms with Crippen LogP contribution in [-0.2, 0) is 0 Å². The van der Waals surface area contributed by atoms with Crippen LogP contribution in [0.25, 0.3) is 5.57 Å². The summed E-state index contributed by atoms with van der Waals surface area (Å²) in [6, 6.07) is 5.55. The summed E-state index contributed by atoms with van der Waals surface area (Å²) in [5, 5.41) is 11.5. The first-order valence-electron chi connectivity index (χ1n) is 5.16. The van der Waals surface area contributed by atoms with Gasteiger partial charge in [0, 0.05) is 23.5 Å². The average Bonchev–Trinajstić information content (AvgIpc) is 2.57. The molecule has 2 aliphatic heterocycles. The van der Waals surface area contributed by atoms with E-state index in [9.17, 15) is 5.11 Å². The molecule has 0 saturated heterocycles. The monoisotopic (exact) mass is 200 g/mol. The molecule has 2 aliphatic rings. The van der Waals surface area contributed by atoms with Crippen LogP contribution in [0.15, 0.2) is 28.2 Å². The van der Waals surface area contributed by atoms with Crippen molar-refractivity contribution >= 4 is 11.3 Å². The van der Waals surface area contributed by atoms with Crippen LogP contribution < -0.4 is 10.6 Å². The van der Waals surface area contributed by atoms with E-state index in [4.69, 9.17) is 0 Å². The van der Waals surface area contributed by atoms with Gasteiger partial charge in [-0.05, 0) is 31.1 Å². The second kappa shape index (κ2) is 2.92. The van der Waals surface area contributed by atoms with Crippen LogP contribution in [0.1, 0.15) is 13.3 Å². The van der Waals surface area contributed by atoms with Crippen LogP contribution in [0.5, 0.6) is 5.75 Å². The number of fused-ring (bicyclic) bond motifs is 2. The van der Waals surface area contributed by atoms with Gasteiger partial charge in [-0.2, -0.15) is 0 Å². The average molecular weight is 200 g/mol. The maximum absolute atomic E-state index is 9.40. The highest BCUT2D eigenvalue weighted by atomic mass is 16.3. The Morgan fingerprint density at radius 1 is 1.40 bits per heavy atom. The van der Waals surface area contributed by atoms with Gasteiger partial charge in [0.15, 0.2) is 0 Å². The lowest BCUT2D eigenvalue weighted by molar-refractivity contribution is 0.474. The smallest absolute Gasteiger partial charge is 0.117 e. The quantitative estimate of drug-likeness (QED) is 0.647. The molecule has 0 aliphatic carbocycles. The van der Waals surface area contributed by atoms with Crippen LogP contribution in [-0.4, -0.2) is 23.4 Å². The van der Waals surface area contributed by atoms with E-state index < -0.39 is 0 Å². The highest BCUT2D eigenvalue weighted by molar-refractivity contribution is 5.97. The highest BCUT2D eigenvalue weighted by Gasteiger charge is 2.24. The number of benzene rings is 1. The molecule has 3 heteroatoms. The zero-order chi connectivity index (χ0) is 10.4. The summed E-state index contributed by atoms with van der Waals surface area (Å²) >= 11 is 0. The van der Waals surface area contributed by atoms with Crippen molar-refractivity contribution in [2.24, 2.45) is 9.98 Å². The molecule has 76 valence electrons. The van der Waals surface area contributed by atoms with Crippen molar-refractivity contribution in [1.82, 2.24) is 0 Å². The molecule has 3 nitrogen and oxygen atoms in total. The molecule has 1 aromatic carbocycles. The Morgan fingerprint density at radius 3 is 3.13 bits per heavy atom. The molecular weight excluding hydrogens is 188 g/mol. The van der Waals surface area contributed by atoms with Gasteiger partial charge in [-0.25, -0.2) is 0 Å². The van der Waals surface area contributed by atoms with Crippen molar-refractivity contribution in [2.45, 2.75) is 19.4 Å². The second-order valence-corrected chi connectivity index (χ2v) is 4.03. The maximum atomic E-state index is 9.40. The third-order valence-electron chi connectivity index (χ3n) is 3.06. The minimum absolute atomic E-state index is 0.135. The predicted octanol–water partition coefficient (Wildman–Crippen LogP) is 0.409. The molecule has 1 atom stereocenters. The molecule has 0 fully saturated rings. The molecule has 0 amide bonds. The maximum Gasteiger partial charge on any atom is 0.117 e. The number of phenolic OH excluding ortho intramolecular Hbond substituents is 1. The topological polar surface area (TPSA) is 45.0 Å². The number of aliphatic imine (C=N–C) groups is 1. The zero-order valence-electron chi connectivity index (χ0n) is 8.57. The van der Waals surface area contributed by atoms with Gasteiger partial charge in [0.2, 0.25) is 0 Å². The summed E-state index contributed by atoms with van der Waals surface area (Å²) < 4.78 is 0. The van der Waals surface area contributed by atoms with E-state index in [2.05, 4.69) is 9.98 Å². The molecule has 2 heterocycles. The lowest BCUT2D eigenvalue weighted by Gasteiger charge is -2.17. The third kappa shape index (κ3) is 1.19. The van der Waals surface area contributed by atoms with E-state index in [0.29, 0.717) is 0 Å². The molecule has 0 radical (unpaired) electrons. The van der Waals surface area contributed by atoms with Crippen LogP contribution in [0.4, 0.5) is 0 Å². The van der Waals surface area contributed by atoms with Gasteiger partial charge in [0.1, 0.15) is 11.8 Å². The Kier molecular flexibility index (Phi) is 1.69. The van der Waals surface area contributed by atoms with Crippen LogP contribution in [0.2, 0.25) is 0 Å². The molecule has 0 bridgehead atoms. The van der Waals surface area contributed by atoms with Gasteiger partial charge < -0.3 is 5.11 Å². The van der Waals surface area contributed by atoms with E-state index in [1.165, 1.54) is 10.8 Å². The van der Waals surface area contributed by atoms with Gasteiger partial charge in [0.25, 0.3) is 0 Å². The van der Waals surface area contributed by atoms with Crippen LogP contribution >= 0.6 is 0 Å². The second-order valence-electron chi connectivity index (χ2n) is 4.03. The summed E-state index contributed by atoms with van der Waals surface area (Å²) in [5.74, 6) is 0.284. The van der Waals surface area contributed by atoms with E-state index >= 15 is 0 Å². The summed E-state index contributed by atoms with van der Waals surface area (Å²) in [7, 11) is 0. The van der Waals surface area contributed by atoms with Crippen molar-refractivity contribution in [2.75, 3.05) is 6.54 Å². The van der Waals surface area contributed by atoms with Crippen molar-refractivity contribution in [3.63, 3.8) is 0 Å². The number of phenols is 1. The van der Waals surface area contributed by atoms with Crippen LogP contribution in [0.3, 0.4) is 0 Å². The Bertz CT molecular complexity index is 572. The van der Waals surface area contributed by atoms with Gasteiger partial charge >= 0.3 is 0 Å². The number of rotatable bonds is 0. The Balaban J connectivity index is 2.32. The fourth-order valence-electron chi connectivity index (χ4n) is 2.32. The number of aromatic hydroxyl groups is 1. The van der Waals surface area contributed by atoms with E-state index in [0.717, 1.165) is 24.0 Å². The molecule has 1 aromatic rings. The van der Waals surface area contributed by atoms with Crippen molar-refractivity contribution in [3.8, 4) is 5.75 Å². The summed E-state index contributed by atoms with van der Waals surface area (Å²) in [6.45, 7) is 2.90. The molecule has 1 unspecified atom stereocenters.